The van der Waals surface area contributed by atoms with Gasteiger partial charge in [0.1, 0.15) is 5.00 Å². The Balaban J connectivity index is 1.55. The minimum Gasteiger partial charge on any atom is -0.465 e. The molecule has 1 saturated heterocycles. The second-order valence-corrected chi connectivity index (χ2v) is 9.54. The highest BCUT2D eigenvalue weighted by Gasteiger charge is 2.30. The number of halogens is 1. The van der Waals surface area contributed by atoms with Crippen LogP contribution in [0.5, 0.6) is 0 Å². The Labute approximate surface area is 191 Å². The standard InChI is InChI=1S/C23H27ClN2O4S/c1-29-23(28)19-18(15-5-3-2-4-6-15)20(24)31-22(19)25-21(27)16-7-9-17(10-8-16)26-11-13-30-14-12-26/h7-10,15H,2-6,11-14H2,1H3,(H,25,27). The van der Waals surface area contributed by atoms with Gasteiger partial charge < -0.3 is 19.7 Å². The smallest absolute Gasteiger partial charge is 0.341 e. The molecule has 1 aromatic heterocycles. The fraction of sp³-hybridized carbons (Fsp3) is 0.478. The van der Waals surface area contributed by atoms with Crippen LogP contribution >= 0.6 is 22.9 Å². The van der Waals surface area contributed by atoms with Crippen LogP contribution in [-0.2, 0) is 9.47 Å². The van der Waals surface area contributed by atoms with E-state index in [4.69, 9.17) is 21.1 Å². The lowest BCUT2D eigenvalue weighted by Crippen LogP contribution is -2.36. The van der Waals surface area contributed by atoms with E-state index in [0.717, 1.165) is 50.0 Å². The Hall–Kier alpha value is -2.09. The maximum atomic E-state index is 12.9. The summed E-state index contributed by atoms with van der Waals surface area (Å²) in [6.07, 6.45) is 5.44. The van der Waals surface area contributed by atoms with Crippen molar-refractivity contribution in [2.24, 2.45) is 0 Å². The van der Waals surface area contributed by atoms with Gasteiger partial charge in [-0.3, -0.25) is 4.79 Å². The average molecular weight is 463 g/mol. The van der Waals surface area contributed by atoms with Crippen LogP contribution in [0.25, 0.3) is 0 Å². The second-order valence-electron chi connectivity index (χ2n) is 7.92. The summed E-state index contributed by atoms with van der Waals surface area (Å²) in [5.74, 6) is -0.501. The summed E-state index contributed by atoms with van der Waals surface area (Å²) in [6, 6.07) is 7.48. The molecule has 4 rings (SSSR count). The second kappa shape index (κ2) is 10.0. The summed E-state index contributed by atoms with van der Waals surface area (Å²) in [5.41, 5.74) is 2.82. The number of esters is 1. The van der Waals surface area contributed by atoms with Gasteiger partial charge in [0.2, 0.25) is 0 Å². The van der Waals surface area contributed by atoms with Crippen LogP contribution in [0.1, 0.15) is 64.3 Å². The van der Waals surface area contributed by atoms with Crippen molar-refractivity contribution in [1.82, 2.24) is 0 Å². The Morgan fingerprint density at radius 1 is 1.13 bits per heavy atom. The van der Waals surface area contributed by atoms with Crippen molar-refractivity contribution in [3.05, 3.63) is 45.3 Å². The van der Waals surface area contributed by atoms with E-state index in [1.54, 1.807) is 12.1 Å². The molecule has 1 saturated carbocycles. The number of anilines is 2. The lowest BCUT2D eigenvalue weighted by atomic mass is 9.83. The van der Waals surface area contributed by atoms with Crippen LogP contribution in [0.3, 0.4) is 0 Å². The number of carbonyl (C=O) groups is 2. The van der Waals surface area contributed by atoms with Gasteiger partial charge in [-0.15, -0.1) is 11.3 Å². The van der Waals surface area contributed by atoms with Gasteiger partial charge in [-0.25, -0.2) is 4.79 Å². The zero-order valence-electron chi connectivity index (χ0n) is 17.6. The van der Waals surface area contributed by atoms with Crippen molar-refractivity contribution in [3.8, 4) is 0 Å². The third-order valence-electron chi connectivity index (χ3n) is 6.04. The number of nitrogens with one attached hydrogen (secondary N) is 1. The van der Waals surface area contributed by atoms with Gasteiger partial charge in [0.05, 0.1) is 30.2 Å². The number of hydrogen-bond acceptors (Lipinski definition) is 6. The molecule has 1 aliphatic heterocycles. The first-order chi connectivity index (χ1) is 15.1. The van der Waals surface area contributed by atoms with Crippen LogP contribution < -0.4 is 10.2 Å². The highest BCUT2D eigenvalue weighted by molar-refractivity contribution is 7.20. The number of amides is 1. The van der Waals surface area contributed by atoms with E-state index in [1.807, 2.05) is 12.1 Å². The molecule has 0 bridgehead atoms. The lowest BCUT2D eigenvalue weighted by Gasteiger charge is -2.28. The number of ether oxygens (including phenoxy) is 2. The summed E-state index contributed by atoms with van der Waals surface area (Å²) in [4.78, 5) is 27.8. The quantitative estimate of drug-likeness (QED) is 0.608. The zero-order valence-corrected chi connectivity index (χ0v) is 19.2. The molecule has 1 aliphatic carbocycles. The van der Waals surface area contributed by atoms with Crippen molar-refractivity contribution < 1.29 is 19.1 Å². The number of rotatable bonds is 5. The molecule has 0 unspecified atom stereocenters. The molecular weight excluding hydrogens is 436 g/mol. The van der Waals surface area contributed by atoms with Crippen molar-refractivity contribution in [2.75, 3.05) is 43.6 Å². The minimum atomic E-state index is -0.457. The maximum Gasteiger partial charge on any atom is 0.341 e. The van der Waals surface area contributed by atoms with Crippen molar-refractivity contribution >= 4 is 45.5 Å². The number of hydrogen-bond donors (Lipinski definition) is 1. The topological polar surface area (TPSA) is 67.9 Å². The highest BCUT2D eigenvalue weighted by atomic mass is 35.5. The summed E-state index contributed by atoms with van der Waals surface area (Å²) in [6.45, 7) is 3.10. The molecule has 0 spiro atoms. The Morgan fingerprint density at radius 2 is 1.81 bits per heavy atom. The molecule has 0 radical (unpaired) electrons. The van der Waals surface area contributed by atoms with E-state index in [0.29, 0.717) is 33.7 Å². The monoisotopic (exact) mass is 462 g/mol. The largest absolute Gasteiger partial charge is 0.465 e. The Morgan fingerprint density at radius 3 is 2.45 bits per heavy atom. The molecule has 2 fully saturated rings. The Bertz CT molecular complexity index is 932. The van der Waals surface area contributed by atoms with E-state index in [1.165, 1.54) is 24.9 Å². The van der Waals surface area contributed by atoms with Gasteiger partial charge >= 0.3 is 5.97 Å². The fourth-order valence-corrected chi connectivity index (χ4v) is 5.86. The maximum absolute atomic E-state index is 12.9. The molecule has 1 aromatic carbocycles. The molecule has 1 N–H and O–H groups in total. The fourth-order valence-electron chi connectivity index (χ4n) is 4.39. The molecule has 0 atom stereocenters. The molecule has 166 valence electrons. The van der Waals surface area contributed by atoms with E-state index < -0.39 is 5.97 Å². The van der Waals surface area contributed by atoms with Crippen LogP contribution in [0.2, 0.25) is 4.34 Å². The third kappa shape index (κ3) is 4.89. The first kappa shape index (κ1) is 22.1. The molecule has 2 aromatic rings. The van der Waals surface area contributed by atoms with Gasteiger partial charge in [-0.1, -0.05) is 30.9 Å². The summed E-state index contributed by atoms with van der Waals surface area (Å²) in [7, 11) is 1.36. The van der Waals surface area contributed by atoms with Crippen LogP contribution in [0.4, 0.5) is 10.7 Å². The number of nitrogens with zero attached hydrogens (tertiary/aromatic N) is 1. The van der Waals surface area contributed by atoms with Crippen LogP contribution in [-0.4, -0.2) is 45.3 Å². The van der Waals surface area contributed by atoms with Crippen LogP contribution in [0.15, 0.2) is 24.3 Å². The van der Waals surface area contributed by atoms with Gasteiger partial charge in [0.25, 0.3) is 5.91 Å². The third-order valence-corrected chi connectivity index (χ3v) is 7.38. The molecule has 1 amide bonds. The van der Waals surface area contributed by atoms with E-state index >= 15 is 0 Å². The van der Waals surface area contributed by atoms with E-state index in [9.17, 15) is 9.59 Å². The number of thiophene rings is 1. The first-order valence-electron chi connectivity index (χ1n) is 10.7. The highest BCUT2D eigenvalue weighted by Crippen LogP contribution is 2.46. The summed E-state index contributed by atoms with van der Waals surface area (Å²) < 4.78 is 11.0. The molecule has 2 aliphatic rings. The van der Waals surface area contributed by atoms with Gasteiger partial charge in [0, 0.05) is 29.9 Å². The SMILES string of the molecule is COC(=O)c1c(NC(=O)c2ccc(N3CCOCC3)cc2)sc(Cl)c1C1CCCCC1. The predicted octanol–water partition coefficient (Wildman–Crippen LogP) is 5.32. The summed E-state index contributed by atoms with van der Waals surface area (Å²) in [5, 5.41) is 3.36. The summed E-state index contributed by atoms with van der Waals surface area (Å²) >= 11 is 7.80. The molecule has 6 nitrogen and oxygen atoms in total. The van der Waals surface area contributed by atoms with Crippen molar-refractivity contribution in [3.63, 3.8) is 0 Å². The van der Waals surface area contributed by atoms with Crippen molar-refractivity contribution in [2.45, 2.75) is 38.0 Å². The average Bonchev–Trinajstić information content (AvgIpc) is 3.15. The number of methoxy groups -OCH3 is 1. The van der Waals surface area contributed by atoms with E-state index in [-0.39, 0.29) is 11.8 Å². The van der Waals surface area contributed by atoms with Crippen molar-refractivity contribution in [1.29, 1.82) is 0 Å². The van der Waals surface area contributed by atoms with Gasteiger partial charge in [-0.05, 0) is 43.0 Å². The molecule has 31 heavy (non-hydrogen) atoms. The molecule has 2 heterocycles. The van der Waals surface area contributed by atoms with Gasteiger partial charge in [0.15, 0.2) is 0 Å². The lowest BCUT2D eigenvalue weighted by molar-refractivity contribution is 0.0600. The zero-order chi connectivity index (χ0) is 21.8. The molecular formula is C23H27ClN2O4S. The molecule has 8 heteroatoms. The number of benzene rings is 1. The number of carbonyl (C=O) groups excluding carboxylic acids is 2. The minimum absolute atomic E-state index is 0.227. The van der Waals surface area contributed by atoms with Gasteiger partial charge in [-0.2, -0.15) is 0 Å². The van der Waals surface area contributed by atoms with E-state index in [2.05, 4.69) is 10.2 Å². The first-order valence-corrected chi connectivity index (χ1v) is 11.9. The normalized spacial score (nSPS) is 17.4. The Kier molecular flexibility index (Phi) is 7.15. The van der Waals surface area contributed by atoms with Crippen LogP contribution in [0, 0.1) is 0 Å². The predicted molar refractivity (Wildman–Crippen MR) is 124 cm³/mol. The number of morpholine rings is 1.